The van der Waals surface area contributed by atoms with Crippen molar-refractivity contribution < 1.29 is 13.2 Å². The van der Waals surface area contributed by atoms with Gasteiger partial charge >= 0.3 is 6.30 Å². The average molecular weight is 164 g/mol. The van der Waals surface area contributed by atoms with Gasteiger partial charge in [-0.15, -0.1) is 13.2 Å². The molecule has 1 rings (SSSR count). The van der Waals surface area contributed by atoms with Crippen LogP contribution in [0.1, 0.15) is 12.6 Å². The van der Waals surface area contributed by atoms with Crippen molar-refractivity contribution in [2.75, 3.05) is 0 Å². The first-order valence-corrected chi connectivity index (χ1v) is 3.16. The summed E-state index contributed by atoms with van der Waals surface area (Å²) in [5.41, 5.74) is 0.447. The fourth-order valence-electron chi connectivity index (χ4n) is 0.691. The molecule has 0 aromatic carbocycles. The molecule has 2 nitrogen and oxygen atoms in total. The molecule has 1 heterocycles. The van der Waals surface area contributed by atoms with Gasteiger partial charge in [-0.2, -0.15) is 9.78 Å². The van der Waals surface area contributed by atoms with E-state index in [2.05, 4.69) is 5.10 Å². The van der Waals surface area contributed by atoms with Crippen LogP contribution in [0.3, 0.4) is 0 Å². The predicted molar refractivity (Wildman–Crippen MR) is 32.9 cm³/mol. The van der Waals surface area contributed by atoms with Gasteiger partial charge in [0.15, 0.2) is 0 Å². The summed E-state index contributed by atoms with van der Waals surface area (Å²) in [7, 11) is 0. The number of rotatable bonds is 1. The third-order valence-electron chi connectivity index (χ3n) is 1.27. The molecule has 0 atom stereocenters. The molecule has 11 heavy (non-hydrogen) atoms. The van der Waals surface area contributed by atoms with Crippen LogP contribution >= 0.6 is 0 Å². The molecule has 1 aromatic rings. The van der Waals surface area contributed by atoms with E-state index in [1.165, 1.54) is 6.07 Å². The summed E-state index contributed by atoms with van der Waals surface area (Å²) >= 11 is 0. The second-order valence-corrected chi connectivity index (χ2v) is 2.07. The van der Waals surface area contributed by atoms with Gasteiger partial charge in [0.25, 0.3) is 0 Å². The molecule has 0 unspecified atom stereocenters. The molecule has 0 spiro atoms. The summed E-state index contributed by atoms with van der Waals surface area (Å²) in [6.45, 7) is 1.75. The van der Waals surface area contributed by atoms with Crippen LogP contribution in [0.25, 0.3) is 0 Å². The van der Waals surface area contributed by atoms with Crippen molar-refractivity contribution in [2.24, 2.45) is 0 Å². The van der Waals surface area contributed by atoms with Crippen LogP contribution in [0, 0.1) is 0 Å². The Balaban J connectivity index is 2.89. The zero-order valence-electron chi connectivity index (χ0n) is 5.89. The molecule has 0 aliphatic rings. The van der Waals surface area contributed by atoms with Crippen LogP contribution in [0.4, 0.5) is 13.2 Å². The number of hydrogen-bond donors (Lipinski definition) is 0. The Labute approximate surface area is 61.6 Å². The van der Waals surface area contributed by atoms with E-state index < -0.39 is 6.30 Å². The SMILES string of the molecule is CCc1ccn(C(F)(F)F)n1. The third-order valence-corrected chi connectivity index (χ3v) is 1.27. The lowest BCUT2D eigenvalue weighted by molar-refractivity contribution is -0.212. The van der Waals surface area contributed by atoms with Crippen LogP contribution in [-0.4, -0.2) is 9.78 Å². The summed E-state index contributed by atoms with van der Waals surface area (Å²) in [6, 6.07) is 1.35. The van der Waals surface area contributed by atoms with E-state index >= 15 is 0 Å². The Kier molecular flexibility index (Phi) is 1.89. The Morgan fingerprint density at radius 2 is 2.18 bits per heavy atom. The maximum absolute atomic E-state index is 11.8. The first-order valence-electron chi connectivity index (χ1n) is 3.16. The van der Waals surface area contributed by atoms with Gasteiger partial charge in [0, 0.05) is 6.20 Å². The van der Waals surface area contributed by atoms with Gasteiger partial charge < -0.3 is 0 Å². The van der Waals surface area contributed by atoms with Crippen molar-refractivity contribution in [3.63, 3.8) is 0 Å². The van der Waals surface area contributed by atoms with Crippen LogP contribution in [-0.2, 0) is 12.7 Å². The van der Waals surface area contributed by atoms with Gasteiger partial charge in [-0.25, -0.2) is 0 Å². The number of aryl methyl sites for hydroxylation is 1. The first-order chi connectivity index (χ1) is 5.04. The average Bonchev–Trinajstić information content (AvgIpc) is 2.32. The van der Waals surface area contributed by atoms with Crippen molar-refractivity contribution in [3.05, 3.63) is 18.0 Å². The Bertz CT molecular complexity index is 238. The molecule has 0 radical (unpaired) electrons. The Morgan fingerprint density at radius 3 is 2.45 bits per heavy atom. The molecule has 1 aromatic heterocycles. The quantitative estimate of drug-likeness (QED) is 0.620. The minimum atomic E-state index is -4.38. The number of nitrogens with zero attached hydrogens (tertiary/aromatic N) is 2. The smallest absolute Gasteiger partial charge is 0.179 e. The molecular formula is C6H7F3N2. The van der Waals surface area contributed by atoms with Crippen molar-refractivity contribution >= 4 is 0 Å². The molecule has 5 heteroatoms. The second-order valence-electron chi connectivity index (χ2n) is 2.07. The lowest BCUT2D eigenvalue weighted by Gasteiger charge is -2.03. The monoisotopic (exact) mass is 164 g/mol. The zero-order valence-corrected chi connectivity index (χ0v) is 5.89. The van der Waals surface area contributed by atoms with Crippen molar-refractivity contribution in [2.45, 2.75) is 19.6 Å². The van der Waals surface area contributed by atoms with E-state index in [9.17, 15) is 13.2 Å². The molecule has 0 aliphatic heterocycles. The topological polar surface area (TPSA) is 17.8 Å². The Hall–Kier alpha value is -1.00. The standard InChI is InChI=1S/C6H7F3N2/c1-2-5-3-4-11(10-5)6(7,8)9/h3-4H,2H2,1H3. The van der Waals surface area contributed by atoms with Crippen molar-refractivity contribution in [3.8, 4) is 0 Å². The highest BCUT2D eigenvalue weighted by molar-refractivity contribution is 4.98. The second kappa shape index (κ2) is 2.56. The van der Waals surface area contributed by atoms with Crippen LogP contribution in [0.2, 0.25) is 0 Å². The summed E-state index contributed by atoms with van der Waals surface area (Å²) in [5.74, 6) is 0. The van der Waals surface area contributed by atoms with E-state index in [0.717, 1.165) is 6.20 Å². The predicted octanol–water partition coefficient (Wildman–Crippen LogP) is 1.92. The fraction of sp³-hybridized carbons (Fsp3) is 0.500. The minimum Gasteiger partial charge on any atom is -0.179 e. The van der Waals surface area contributed by atoms with Gasteiger partial charge in [0.1, 0.15) is 0 Å². The van der Waals surface area contributed by atoms with Crippen LogP contribution < -0.4 is 0 Å². The number of aromatic nitrogens is 2. The highest BCUT2D eigenvalue weighted by Crippen LogP contribution is 2.20. The minimum absolute atomic E-state index is 0.00579. The van der Waals surface area contributed by atoms with Crippen LogP contribution in [0.15, 0.2) is 12.3 Å². The van der Waals surface area contributed by atoms with Gasteiger partial charge in [-0.3, -0.25) is 0 Å². The Morgan fingerprint density at radius 1 is 1.55 bits per heavy atom. The first kappa shape index (κ1) is 8.10. The number of alkyl halides is 3. The van der Waals surface area contributed by atoms with Crippen molar-refractivity contribution in [1.29, 1.82) is 0 Å². The van der Waals surface area contributed by atoms with Crippen LogP contribution in [0.5, 0.6) is 0 Å². The molecule has 0 bridgehead atoms. The summed E-state index contributed by atoms with van der Waals surface area (Å²) in [6.07, 6.45) is -2.95. The number of halogens is 3. The van der Waals surface area contributed by atoms with E-state index in [-0.39, 0.29) is 4.68 Å². The number of hydrogen-bond acceptors (Lipinski definition) is 1. The normalized spacial score (nSPS) is 12.0. The lowest BCUT2D eigenvalue weighted by atomic mass is 10.4. The molecule has 0 saturated heterocycles. The highest BCUT2D eigenvalue weighted by Gasteiger charge is 2.31. The van der Waals surface area contributed by atoms with Gasteiger partial charge in [0.05, 0.1) is 5.69 Å². The van der Waals surface area contributed by atoms with Gasteiger partial charge in [0.2, 0.25) is 0 Å². The van der Waals surface area contributed by atoms with Gasteiger partial charge in [-0.05, 0) is 12.5 Å². The molecule has 0 saturated carbocycles. The van der Waals surface area contributed by atoms with Crippen molar-refractivity contribution in [1.82, 2.24) is 9.78 Å². The summed E-state index contributed by atoms with van der Waals surface area (Å²) < 4.78 is 35.5. The largest absolute Gasteiger partial charge is 0.504 e. The van der Waals surface area contributed by atoms with E-state index in [0.29, 0.717) is 12.1 Å². The maximum atomic E-state index is 11.8. The van der Waals surface area contributed by atoms with Gasteiger partial charge in [-0.1, -0.05) is 6.92 Å². The maximum Gasteiger partial charge on any atom is 0.504 e. The molecular weight excluding hydrogens is 157 g/mol. The summed E-state index contributed by atoms with van der Waals surface area (Å²) in [4.78, 5) is 0. The molecule has 62 valence electrons. The third kappa shape index (κ3) is 1.72. The zero-order chi connectivity index (χ0) is 8.48. The molecule has 0 fully saturated rings. The molecule has 0 aliphatic carbocycles. The highest BCUT2D eigenvalue weighted by atomic mass is 19.4. The molecule has 0 N–H and O–H groups in total. The van der Waals surface area contributed by atoms with E-state index in [1.807, 2.05) is 0 Å². The summed E-state index contributed by atoms with van der Waals surface area (Å²) in [5, 5.41) is 3.29. The fourth-order valence-corrected chi connectivity index (χ4v) is 0.691. The van der Waals surface area contributed by atoms with E-state index in [4.69, 9.17) is 0 Å². The lowest BCUT2D eigenvalue weighted by Crippen LogP contribution is -2.17. The van der Waals surface area contributed by atoms with E-state index in [1.54, 1.807) is 6.92 Å². The molecule has 0 amide bonds.